The van der Waals surface area contributed by atoms with Gasteiger partial charge in [0.05, 0.1) is 12.5 Å². The van der Waals surface area contributed by atoms with E-state index in [2.05, 4.69) is 5.32 Å². The summed E-state index contributed by atoms with van der Waals surface area (Å²) < 4.78 is 5.40. The van der Waals surface area contributed by atoms with E-state index in [0.29, 0.717) is 12.6 Å². The van der Waals surface area contributed by atoms with Crippen molar-refractivity contribution >= 4 is 11.7 Å². The van der Waals surface area contributed by atoms with E-state index in [9.17, 15) is 4.79 Å². The van der Waals surface area contributed by atoms with Gasteiger partial charge < -0.3 is 15.2 Å². The van der Waals surface area contributed by atoms with Gasteiger partial charge in [-0.2, -0.15) is 0 Å². The van der Waals surface area contributed by atoms with Gasteiger partial charge in [-0.05, 0) is 56.9 Å². The van der Waals surface area contributed by atoms with Crippen molar-refractivity contribution in [3.63, 3.8) is 0 Å². The molecule has 1 fully saturated rings. The van der Waals surface area contributed by atoms with Crippen LogP contribution in [0, 0.1) is 5.92 Å². The predicted octanol–water partition coefficient (Wildman–Crippen LogP) is 3.14. The highest BCUT2D eigenvalue weighted by atomic mass is 16.5. The maximum atomic E-state index is 10.9. The van der Waals surface area contributed by atoms with Crippen molar-refractivity contribution in [1.29, 1.82) is 0 Å². The molecule has 1 aliphatic carbocycles. The zero-order valence-corrected chi connectivity index (χ0v) is 11.3. The van der Waals surface area contributed by atoms with Crippen LogP contribution in [0.5, 0.6) is 5.75 Å². The molecule has 0 bridgehead atoms. The summed E-state index contributed by atoms with van der Waals surface area (Å²) in [5.41, 5.74) is 1.07. The summed E-state index contributed by atoms with van der Waals surface area (Å²) in [6.45, 7) is 2.64. The third-order valence-electron chi connectivity index (χ3n) is 3.61. The molecule has 104 valence electrons. The van der Waals surface area contributed by atoms with E-state index in [4.69, 9.17) is 9.84 Å². The van der Waals surface area contributed by atoms with Gasteiger partial charge in [0.15, 0.2) is 0 Å². The fourth-order valence-electron chi connectivity index (χ4n) is 2.53. The lowest BCUT2D eigenvalue weighted by Gasteiger charge is -2.27. The Labute approximate surface area is 113 Å². The maximum absolute atomic E-state index is 10.9. The smallest absolute Gasteiger partial charge is 0.306 e. The Balaban J connectivity index is 1.83. The van der Waals surface area contributed by atoms with Crippen molar-refractivity contribution in [3.8, 4) is 5.75 Å². The van der Waals surface area contributed by atoms with Gasteiger partial charge in [-0.1, -0.05) is 0 Å². The summed E-state index contributed by atoms with van der Waals surface area (Å²) in [7, 11) is 0. The van der Waals surface area contributed by atoms with Crippen molar-refractivity contribution in [1.82, 2.24) is 0 Å². The number of aliphatic carboxylic acids is 1. The van der Waals surface area contributed by atoms with Gasteiger partial charge in [0, 0.05) is 11.7 Å². The largest absolute Gasteiger partial charge is 0.494 e. The van der Waals surface area contributed by atoms with E-state index in [1.54, 1.807) is 0 Å². The van der Waals surface area contributed by atoms with E-state index in [1.807, 2.05) is 31.2 Å². The van der Waals surface area contributed by atoms with Gasteiger partial charge in [0.1, 0.15) is 5.75 Å². The number of carboxylic acid groups (broad SMARTS) is 1. The molecule has 0 amide bonds. The molecule has 1 aliphatic rings. The second kappa shape index (κ2) is 6.45. The topological polar surface area (TPSA) is 58.6 Å². The number of hydrogen-bond acceptors (Lipinski definition) is 3. The molecule has 4 heteroatoms. The summed E-state index contributed by atoms with van der Waals surface area (Å²) in [4.78, 5) is 10.9. The number of nitrogens with one attached hydrogen (secondary N) is 1. The molecule has 1 aromatic rings. The normalized spacial score (nSPS) is 22.8. The number of carboxylic acids is 1. The van der Waals surface area contributed by atoms with E-state index >= 15 is 0 Å². The Morgan fingerprint density at radius 1 is 1.26 bits per heavy atom. The fraction of sp³-hybridized carbons (Fsp3) is 0.533. The number of benzene rings is 1. The summed E-state index contributed by atoms with van der Waals surface area (Å²) in [6, 6.07) is 8.31. The summed E-state index contributed by atoms with van der Waals surface area (Å²) in [5, 5.41) is 12.4. The molecule has 0 radical (unpaired) electrons. The van der Waals surface area contributed by atoms with Crippen LogP contribution in [-0.2, 0) is 4.79 Å². The van der Waals surface area contributed by atoms with Gasteiger partial charge >= 0.3 is 5.97 Å². The number of rotatable bonds is 5. The zero-order chi connectivity index (χ0) is 13.7. The average Bonchev–Trinajstić information content (AvgIpc) is 2.42. The first-order chi connectivity index (χ1) is 9.19. The van der Waals surface area contributed by atoms with Crippen LogP contribution in [0.4, 0.5) is 5.69 Å². The third-order valence-corrected chi connectivity index (χ3v) is 3.61. The molecular weight excluding hydrogens is 242 g/mol. The second-order valence-corrected chi connectivity index (χ2v) is 4.99. The number of ether oxygens (including phenoxy) is 1. The molecule has 1 saturated carbocycles. The molecule has 0 aliphatic heterocycles. The first-order valence-electron chi connectivity index (χ1n) is 6.91. The minimum atomic E-state index is -0.653. The summed E-state index contributed by atoms with van der Waals surface area (Å²) >= 11 is 0. The van der Waals surface area contributed by atoms with Crippen molar-refractivity contribution < 1.29 is 14.6 Å². The molecule has 0 heterocycles. The molecule has 19 heavy (non-hydrogen) atoms. The Kier molecular flexibility index (Phi) is 4.66. The second-order valence-electron chi connectivity index (χ2n) is 4.99. The van der Waals surface area contributed by atoms with E-state index in [-0.39, 0.29) is 5.92 Å². The van der Waals surface area contributed by atoms with Crippen LogP contribution in [0.15, 0.2) is 24.3 Å². The Morgan fingerprint density at radius 3 is 2.42 bits per heavy atom. The predicted molar refractivity (Wildman–Crippen MR) is 74.6 cm³/mol. The lowest BCUT2D eigenvalue weighted by atomic mass is 9.86. The lowest BCUT2D eigenvalue weighted by Crippen LogP contribution is -2.29. The standard InChI is InChI=1S/C15H21NO3/c1-2-19-14-9-7-13(8-10-14)16-12-5-3-11(4-6-12)15(17)18/h7-12,16H,2-6H2,1H3,(H,17,18). The van der Waals surface area contributed by atoms with Crippen molar-refractivity contribution in [2.45, 2.75) is 38.6 Å². The van der Waals surface area contributed by atoms with E-state index < -0.39 is 5.97 Å². The molecule has 0 spiro atoms. The van der Waals surface area contributed by atoms with Crippen LogP contribution >= 0.6 is 0 Å². The van der Waals surface area contributed by atoms with Crippen molar-refractivity contribution in [2.24, 2.45) is 5.92 Å². The minimum absolute atomic E-state index is 0.154. The van der Waals surface area contributed by atoms with Crippen molar-refractivity contribution in [3.05, 3.63) is 24.3 Å². The van der Waals surface area contributed by atoms with Crippen LogP contribution < -0.4 is 10.1 Å². The molecule has 0 aromatic heterocycles. The molecule has 1 aromatic carbocycles. The molecule has 0 saturated heterocycles. The average molecular weight is 263 g/mol. The number of hydrogen-bond donors (Lipinski definition) is 2. The van der Waals surface area contributed by atoms with Crippen LogP contribution in [-0.4, -0.2) is 23.7 Å². The summed E-state index contributed by atoms with van der Waals surface area (Å²) in [5.74, 6) is 0.0699. The third kappa shape index (κ3) is 3.88. The fourth-order valence-corrected chi connectivity index (χ4v) is 2.53. The highest BCUT2D eigenvalue weighted by Gasteiger charge is 2.25. The highest BCUT2D eigenvalue weighted by molar-refractivity contribution is 5.70. The molecule has 0 atom stereocenters. The van der Waals surface area contributed by atoms with Gasteiger partial charge in [-0.3, -0.25) is 4.79 Å². The number of carbonyl (C=O) groups is 1. The monoisotopic (exact) mass is 263 g/mol. The van der Waals surface area contributed by atoms with Crippen LogP contribution in [0.25, 0.3) is 0 Å². The molecule has 2 N–H and O–H groups in total. The Hall–Kier alpha value is -1.71. The SMILES string of the molecule is CCOc1ccc(NC2CCC(C(=O)O)CC2)cc1. The maximum Gasteiger partial charge on any atom is 0.306 e. The number of anilines is 1. The molecule has 4 nitrogen and oxygen atoms in total. The Bertz CT molecular complexity index is 408. The highest BCUT2D eigenvalue weighted by Crippen LogP contribution is 2.27. The first-order valence-corrected chi connectivity index (χ1v) is 6.91. The molecular formula is C15H21NO3. The van der Waals surface area contributed by atoms with Gasteiger partial charge in [0.25, 0.3) is 0 Å². The summed E-state index contributed by atoms with van der Waals surface area (Å²) in [6.07, 6.45) is 3.38. The minimum Gasteiger partial charge on any atom is -0.494 e. The lowest BCUT2D eigenvalue weighted by molar-refractivity contribution is -0.142. The van der Waals surface area contributed by atoms with Crippen LogP contribution in [0.2, 0.25) is 0 Å². The van der Waals surface area contributed by atoms with E-state index in [0.717, 1.165) is 37.1 Å². The van der Waals surface area contributed by atoms with Crippen LogP contribution in [0.1, 0.15) is 32.6 Å². The van der Waals surface area contributed by atoms with E-state index in [1.165, 1.54) is 0 Å². The molecule has 2 rings (SSSR count). The molecule has 0 unspecified atom stereocenters. The zero-order valence-electron chi connectivity index (χ0n) is 11.3. The van der Waals surface area contributed by atoms with Gasteiger partial charge in [-0.15, -0.1) is 0 Å². The Morgan fingerprint density at radius 2 is 1.89 bits per heavy atom. The van der Waals surface area contributed by atoms with Gasteiger partial charge in [0.2, 0.25) is 0 Å². The van der Waals surface area contributed by atoms with Gasteiger partial charge in [-0.25, -0.2) is 0 Å². The quantitative estimate of drug-likeness (QED) is 0.856. The van der Waals surface area contributed by atoms with Crippen molar-refractivity contribution in [2.75, 3.05) is 11.9 Å². The van der Waals surface area contributed by atoms with Crippen LogP contribution in [0.3, 0.4) is 0 Å². The first kappa shape index (κ1) is 13.7.